The van der Waals surface area contributed by atoms with Crippen molar-refractivity contribution in [2.75, 3.05) is 0 Å². The van der Waals surface area contributed by atoms with Crippen LogP contribution in [-0.2, 0) is 12.8 Å². The van der Waals surface area contributed by atoms with Crippen LogP contribution >= 0.6 is 11.6 Å². The van der Waals surface area contributed by atoms with Gasteiger partial charge in [-0.15, -0.1) is 0 Å². The van der Waals surface area contributed by atoms with Crippen LogP contribution in [0.5, 0.6) is 0 Å². The second-order valence-electron chi connectivity index (χ2n) is 4.49. The van der Waals surface area contributed by atoms with Crippen LogP contribution in [0.3, 0.4) is 0 Å². The first-order chi connectivity index (χ1) is 7.77. The van der Waals surface area contributed by atoms with E-state index in [0.29, 0.717) is 0 Å². The smallest absolute Gasteiger partial charge is 0.0440 e. The molecule has 0 aliphatic heterocycles. The van der Waals surface area contributed by atoms with E-state index < -0.39 is 0 Å². The molecule has 0 aromatic heterocycles. The van der Waals surface area contributed by atoms with E-state index in [4.69, 9.17) is 11.6 Å². The predicted molar refractivity (Wildman–Crippen MR) is 73.3 cm³/mol. The molecule has 1 heteroatoms. The molecule has 0 amide bonds. The Bertz CT molecular complexity index is 304. The summed E-state index contributed by atoms with van der Waals surface area (Å²) < 4.78 is 0. The Balaban J connectivity index is 2.47. The molecule has 1 rings (SSSR count). The maximum atomic E-state index is 6.28. The average molecular weight is 239 g/mol. The topological polar surface area (TPSA) is 0 Å². The molecule has 0 nitrogen and oxygen atoms in total. The number of rotatable bonds is 7. The van der Waals surface area contributed by atoms with Gasteiger partial charge in [0.25, 0.3) is 0 Å². The summed E-state index contributed by atoms with van der Waals surface area (Å²) in [7, 11) is 0. The molecule has 0 saturated heterocycles. The highest BCUT2D eigenvalue weighted by Crippen LogP contribution is 2.21. The van der Waals surface area contributed by atoms with E-state index in [1.807, 2.05) is 0 Å². The second kappa shape index (κ2) is 7.73. The molecule has 0 fully saturated rings. The average Bonchev–Trinajstić information content (AvgIpc) is 2.27. The molecule has 0 unspecified atom stereocenters. The molecule has 0 heterocycles. The first-order valence-corrected chi connectivity index (χ1v) is 6.93. The van der Waals surface area contributed by atoms with E-state index in [-0.39, 0.29) is 0 Å². The van der Waals surface area contributed by atoms with Crippen molar-refractivity contribution in [2.24, 2.45) is 0 Å². The summed E-state index contributed by atoms with van der Waals surface area (Å²) in [4.78, 5) is 0. The number of hydrogen-bond acceptors (Lipinski definition) is 0. The Morgan fingerprint density at radius 2 is 1.75 bits per heavy atom. The maximum Gasteiger partial charge on any atom is 0.0440 e. The van der Waals surface area contributed by atoms with Gasteiger partial charge in [-0.05, 0) is 36.5 Å². The van der Waals surface area contributed by atoms with Crippen LogP contribution in [-0.4, -0.2) is 0 Å². The van der Waals surface area contributed by atoms with E-state index in [0.717, 1.165) is 17.9 Å². The zero-order valence-electron chi connectivity index (χ0n) is 10.6. The Hall–Kier alpha value is -0.490. The first kappa shape index (κ1) is 13.6. The molecule has 0 saturated carbocycles. The van der Waals surface area contributed by atoms with Gasteiger partial charge in [0.1, 0.15) is 0 Å². The minimum atomic E-state index is 0.961. The molecular formula is C15H23Cl. The normalized spacial score (nSPS) is 10.7. The highest BCUT2D eigenvalue weighted by Gasteiger charge is 2.01. The predicted octanol–water partition coefficient (Wildman–Crippen LogP) is 5.42. The molecule has 0 atom stereocenters. The molecule has 16 heavy (non-hydrogen) atoms. The van der Waals surface area contributed by atoms with E-state index in [1.165, 1.54) is 43.2 Å². The Morgan fingerprint density at radius 3 is 2.38 bits per heavy atom. The molecule has 0 aliphatic carbocycles. The van der Waals surface area contributed by atoms with Crippen LogP contribution in [0.2, 0.25) is 5.02 Å². The maximum absolute atomic E-state index is 6.28. The van der Waals surface area contributed by atoms with Gasteiger partial charge in [-0.3, -0.25) is 0 Å². The summed E-state index contributed by atoms with van der Waals surface area (Å²) in [6.45, 7) is 4.44. The van der Waals surface area contributed by atoms with E-state index in [9.17, 15) is 0 Å². The minimum absolute atomic E-state index is 0.961. The minimum Gasteiger partial charge on any atom is -0.0840 e. The molecule has 0 bridgehead atoms. The van der Waals surface area contributed by atoms with Gasteiger partial charge >= 0.3 is 0 Å². The number of benzene rings is 1. The van der Waals surface area contributed by atoms with Crippen LogP contribution < -0.4 is 0 Å². The van der Waals surface area contributed by atoms with Crippen molar-refractivity contribution in [3.8, 4) is 0 Å². The lowest BCUT2D eigenvalue weighted by Crippen LogP contribution is -1.90. The summed E-state index contributed by atoms with van der Waals surface area (Å²) in [5.41, 5.74) is 2.68. The van der Waals surface area contributed by atoms with Crippen molar-refractivity contribution in [3.05, 3.63) is 34.3 Å². The van der Waals surface area contributed by atoms with Crippen molar-refractivity contribution >= 4 is 11.6 Å². The molecule has 0 N–H and O–H groups in total. The van der Waals surface area contributed by atoms with Gasteiger partial charge in [0.15, 0.2) is 0 Å². The third-order valence-corrected chi connectivity index (χ3v) is 3.31. The van der Waals surface area contributed by atoms with Gasteiger partial charge in [-0.1, -0.05) is 63.3 Å². The Kier molecular flexibility index (Phi) is 6.56. The SMILES string of the molecule is CCCCCCc1ccc(CCC)cc1Cl. The van der Waals surface area contributed by atoms with Crippen LogP contribution in [0.15, 0.2) is 18.2 Å². The Morgan fingerprint density at radius 1 is 0.938 bits per heavy atom. The van der Waals surface area contributed by atoms with Gasteiger partial charge in [0.2, 0.25) is 0 Å². The molecule has 90 valence electrons. The lowest BCUT2D eigenvalue weighted by atomic mass is 10.0. The van der Waals surface area contributed by atoms with E-state index in [1.54, 1.807) is 0 Å². The van der Waals surface area contributed by atoms with Crippen LogP contribution in [0.4, 0.5) is 0 Å². The monoisotopic (exact) mass is 238 g/mol. The quantitative estimate of drug-likeness (QED) is 0.557. The van der Waals surface area contributed by atoms with Crippen LogP contribution in [0, 0.1) is 0 Å². The first-order valence-electron chi connectivity index (χ1n) is 6.55. The van der Waals surface area contributed by atoms with Crippen molar-refractivity contribution in [2.45, 2.75) is 58.8 Å². The standard InChI is InChI=1S/C15H23Cl/c1-3-5-6-7-9-14-11-10-13(8-4-2)12-15(14)16/h10-12H,3-9H2,1-2H3. The van der Waals surface area contributed by atoms with Gasteiger partial charge < -0.3 is 0 Å². The van der Waals surface area contributed by atoms with Crippen molar-refractivity contribution < 1.29 is 0 Å². The summed E-state index contributed by atoms with van der Waals surface area (Å²) >= 11 is 6.28. The van der Waals surface area contributed by atoms with Gasteiger partial charge in [-0.2, -0.15) is 0 Å². The molecule has 1 aromatic rings. The van der Waals surface area contributed by atoms with Gasteiger partial charge in [0, 0.05) is 5.02 Å². The lowest BCUT2D eigenvalue weighted by molar-refractivity contribution is 0.667. The summed E-state index contributed by atoms with van der Waals surface area (Å²) in [6.07, 6.45) is 8.67. The number of aryl methyl sites for hydroxylation is 2. The van der Waals surface area contributed by atoms with Crippen molar-refractivity contribution in [1.29, 1.82) is 0 Å². The molecule has 0 radical (unpaired) electrons. The van der Waals surface area contributed by atoms with Crippen molar-refractivity contribution in [1.82, 2.24) is 0 Å². The van der Waals surface area contributed by atoms with E-state index >= 15 is 0 Å². The van der Waals surface area contributed by atoms with Crippen LogP contribution in [0.1, 0.15) is 57.1 Å². The third-order valence-electron chi connectivity index (χ3n) is 2.96. The Labute approximate surface area is 105 Å². The summed E-state index contributed by atoms with van der Waals surface area (Å²) in [5.74, 6) is 0. The zero-order valence-corrected chi connectivity index (χ0v) is 11.3. The number of halogens is 1. The fourth-order valence-corrected chi connectivity index (χ4v) is 2.28. The zero-order chi connectivity index (χ0) is 11.8. The molecule has 0 spiro atoms. The summed E-state index contributed by atoms with van der Waals surface area (Å²) in [6, 6.07) is 6.57. The fraction of sp³-hybridized carbons (Fsp3) is 0.600. The highest BCUT2D eigenvalue weighted by atomic mass is 35.5. The van der Waals surface area contributed by atoms with Gasteiger partial charge in [-0.25, -0.2) is 0 Å². The van der Waals surface area contributed by atoms with Crippen LogP contribution in [0.25, 0.3) is 0 Å². The fourth-order valence-electron chi connectivity index (χ4n) is 1.98. The number of unbranched alkanes of at least 4 members (excludes halogenated alkanes) is 3. The van der Waals surface area contributed by atoms with E-state index in [2.05, 4.69) is 32.0 Å². The molecular weight excluding hydrogens is 216 g/mol. The highest BCUT2D eigenvalue weighted by molar-refractivity contribution is 6.31. The van der Waals surface area contributed by atoms with Gasteiger partial charge in [0.05, 0.1) is 0 Å². The lowest BCUT2D eigenvalue weighted by Gasteiger charge is -2.06. The molecule has 1 aromatic carbocycles. The summed E-state index contributed by atoms with van der Waals surface area (Å²) in [5, 5.41) is 0.961. The number of hydrogen-bond donors (Lipinski definition) is 0. The third kappa shape index (κ3) is 4.57. The molecule has 0 aliphatic rings. The van der Waals surface area contributed by atoms with Crippen molar-refractivity contribution in [3.63, 3.8) is 0 Å². The largest absolute Gasteiger partial charge is 0.0840 e. The second-order valence-corrected chi connectivity index (χ2v) is 4.89.